The standard InChI is InChI=1S/C18H16F2O.C5H9O2.Li/c1-4-16-13(3)7-6-8-17(16)21-15-11-9-14(10-12-15)18(19,20)5-2;1-5(2,7)3-4-6;/h5-12H,1-4H2;7H,3H2,1-2H3;/q-2;-1;+1. The minimum Gasteiger partial charge on any atom is -0.542 e. The molecule has 2 rings (SSSR count). The van der Waals surface area contributed by atoms with Crippen molar-refractivity contribution in [2.24, 2.45) is 0 Å². The van der Waals surface area contributed by atoms with Crippen LogP contribution in [-0.2, 0) is 17.1 Å². The number of benzene rings is 2. The molecule has 2 aromatic rings. The third-order valence-corrected chi connectivity index (χ3v) is 3.71. The molecule has 0 aromatic heterocycles. The number of ether oxygens (including phenoxy) is 1. The van der Waals surface area contributed by atoms with Gasteiger partial charge in [0.1, 0.15) is 5.75 Å². The molecular formula is C23H25F2LiO3-2. The Labute approximate surface area is 184 Å². The van der Waals surface area contributed by atoms with E-state index < -0.39 is 11.5 Å². The van der Waals surface area contributed by atoms with Crippen LogP contribution in [0.4, 0.5) is 8.78 Å². The zero-order valence-electron chi connectivity index (χ0n) is 17.2. The molecule has 0 aliphatic rings. The van der Waals surface area contributed by atoms with Gasteiger partial charge in [0.15, 0.2) is 0 Å². The van der Waals surface area contributed by atoms with Gasteiger partial charge in [0.25, 0.3) is 5.92 Å². The Kier molecular flexibility index (Phi) is 11.0. The van der Waals surface area contributed by atoms with E-state index in [1.165, 1.54) is 24.3 Å². The van der Waals surface area contributed by atoms with Gasteiger partial charge in [0.2, 0.25) is 0 Å². The molecule has 3 nitrogen and oxygen atoms in total. The third kappa shape index (κ3) is 8.87. The first-order valence-electron chi connectivity index (χ1n) is 8.64. The fourth-order valence-electron chi connectivity index (χ4n) is 2.16. The molecule has 1 N–H and O–H groups in total. The number of hydrogen-bond acceptors (Lipinski definition) is 3. The van der Waals surface area contributed by atoms with E-state index in [9.17, 15) is 13.6 Å². The minimum absolute atomic E-state index is 0. The number of hydrogen-bond donors (Lipinski definition) is 1. The van der Waals surface area contributed by atoms with Crippen LogP contribution in [-0.4, -0.2) is 17.0 Å². The van der Waals surface area contributed by atoms with Crippen LogP contribution in [0.15, 0.2) is 55.1 Å². The SMILES string of the molecule is C=CC(F)(F)c1ccc(Oc2cccc([CH2-])c2C[CH2-])cc1.CC(C)(O)C[C-]=O.[Li+]. The molecule has 0 unspecified atom stereocenters. The van der Waals surface area contributed by atoms with Crippen molar-refractivity contribution < 1.29 is 42.3 Å². The second-order valence-electron chi connectivity index (χ2n) is 6.73. The first-order chi connectivity index (χ1) is 13.0. The van der Waals surface area contributed by atoms with Gasteiger partial charge in [-0.05, 0) is 50.3 Å². The molecule has 0 amide bonds. The van der Waals surface area contributed by atoms with Crippen LogP contribution in [0.1, 0.15) is 37.0 Å². The van der Waals surface area contributed by atoms with E-state index in [4.69, 9.17) is 9.84 Å². The predicted octanol–water partition coefficient (Wildman–Crippen LogP) is 2.58. The van der Waals surface area contributed by atoms with E-state index in [-0.39, 0.29) is 30.8 Å². The molecule has 0 bridgehead atoms. The zero-order chi connectivity index (χ0) is 21.4. The summed E-state index contributed by atoms with van der Waals surface area (Å²) in [6.45, 7) is 14.0. The monoisotopic (exact) mass is 394 g/mol. The van der Waals surface area contributed by atoms with Crippen molar-refractivity contribution in [3.05, 3.63) is 85.7 Å². The van der Waals surface area contributed by atoms with Crippen molar-refractivity contribution in [1.82, 2.24) is 0 Å². The summed E-state index contributed by atoms with van der Waals surface area (Å²) in [5.41, 5.74) is 0.755. The molecule has 0 heterocycles. The third-order valence-electron chi connectivity index (χ3n) is 3.71. The minimum atomic E-state index is -3.04. The normalized spacial score (nSPS) is 10.8. The van der Waals surface area contributed by atoms with Gasteiger partial charge in [-0.1, -0.05) is 6.58 Å². The molecule has 6 heteroatoms. The molecule has 0 saturated carbocycles. The van der Waals surface area contributed by atoms with Gasteiger partial charge in [0.05, 0.1) is 5.75 Å². The second kappa shape index (κ2) is 11.8. The molecule has 152 valence electrons. The summed E-state index contributed by atoms with van der Waals surface area (Å²) in [4.78, 5) is 9.54. The molecule has 0 saturated heterocycles. The fourth-order valence-corrected chi connectivity index (χ4v) is 2.16. The zero-order valence-corrected chi connectivity index (χ0v) is 17.2. The number of allylic oxidation sites excluding steroid dienone is 1. The summed E-state index contributed by atoms with van der Waals surface area (Å²) in [5, 5.41) is 8.76. The number of rotatable bonds is 7. The number of aliphatic hydroxyl groups is 1. The van der Waals surface area contributed by atoms with E-state index in [0.29, 0.717) is 24.0 Å². The van der Waals surface area contributed by atoms with Gasteiger partial charge in [-0.15, -0.1) is 18.1 Å². The van der Waals surface area contributed by atoms with Gasteiger partial charge >= 0.3 is 18.9 Å². The van der Waals surface area contributed by atoms with Crippen LogP contribution in [0.25, 0.3) is 0 Å². The van der Waals surface area contributed by atoms with Crippen LogP contribution in [0.2, 0.25) is 0 Å². The van der Waals surface area contributed by atoms with Crippen LogP contribution in [0.5, 0.6) is 11.5 Å². The van der Waals surface area contributed by atoms with Crippen molar-refractivity contribution in [2.75, 3.05) is 0 Å². The maximum atomic E-state index is 13.4. The van der Waals surface area contributed by atoms with Gasteiger partial charge in [-0.2, -0.15) is 33.8 Å². The Morgan fingerprint density at radius 1 is 1.21 bits per heavy atom. The summed E-state index contributed by atoms with van der Waals surface area (Å²) in [6.07, 6.45) is 2.86. The molecule has 29 heavy (non-hydrogen) atoms. The Morgan fingerprint density at radius 3 is 2.21 bits per heavy atom. The Bertz CT molecular complexity index is 782. The molecule has 2 aromatic carbocycles. The molecule has 0 radical (unpaired) electrons. The van der Waals surface area contributed by atoms with Gasteiger partial charge in [-0.25, -0.2) is 0 Å². The average Bonchev–Trinajstić information content (AvgIpc) is 2.62. The van der Waals surface area contributed by atoms with E-state index in [1.807, 2.05) is 12.1 Å². The Balaban J connectivity index is 0.000000846. The van der Waals surface area contributed by atoms with Gasteiger partial charge in [-0.3, -0.25) is 6.29 Å². The molecule has 0 atom stereocenters. The van der Waals surface area contributed by atoms with E-state index in [0.717, 1.165) is 11.1 Å². The molecular weight excluding hydrogens is 369 g/mol. The van der Waals surface area contributed by atoms with E-state index in [2.05, 4.69) is 20.4 Å². The number of alkyl halides is 2. The molecule has 0 fully saturated rings. The average molecular weight is 394 g/mol. The van der Waals surface area contributed by atoms with Crippen LogP contribution < -0.4 is 23.6 Å². The van der Waals surface area contributed by atoms with Crippen molar-refractivity contribution in [2.45, 2.75) is 38.2 Å². The van der Waals surface area contributed by atoms with Crippen LogP contribution in [0, 0.1) is 13.8 Å². The maximum Gasteiger partial charge on any atom is 1.00 e. The van der Waals surface area contributed by atoms with Gasteiger partial charge in [0, 0.05) is 11.2 Å². The van der Waals surface area contributed by atoms with Crippen molar-refractivity contribution in [3.8, 4) is 11.5 Å². The van der Waals surface area contributed by atoms with E-state index in [1.54, 1.807) is 26.2 Å². The topological polar surface area (TPSA) is 46.5 Å². The maximum absolute atomic E-state index is 13.4. The summed E-state index contributed by atoms with van der Waals surface area (Å²) in [5.74, 6) is -1.91. The van der Waals surface area contributed by atoms with Crippen molar-refractivity contribution in [1.29, 1.82) is 0 Å². The fraction of sp³-hybridized carbons (Fsp3) is 0.261. The predicted molar refractivity (Wildman–Crippen MR) is 107 cm³/mol. The van der Waals surface area contributed by atoms with Gasteiger partial charge < -0.3 is 21.6 Å². The van der Waals surface area contributed by atoms with Crippen molar-refractivity contribution >= 4 is 6.29 Å². The quantitative estimate of drug-likeness (QED) is 0.446. The summed E-state index contributed by atoms with van der Waals surface area (Å²) in [6, 6.07) is 11.2. The smallest absolute Gasteiger partial charge is 0.542 e. The molecule has 0 spiro atoms. The first kappa shape index (κ1) is 26.9. The summed E-state index contributed by atoms with van der Waals surface area (Å²) < 4.78 is 32.6. The van der Waals surface area contributed by atoms with Crippen LogP contribution in [0.3, 0.4) is 0 Å². The second-order valence-corrected chi connectivity index (χ2v) is 6.73. The summed E-state index contributed by atoms with van der Waals surface area (Å²) >= 11 is 0. The number of carbonyl (C=O) groups excluding carboxylic acids is 1. The first-order valence-corrected chi connectivity index (χ1v) is 8.64. The summed E-state index contributed by atoms with van der Waals surface area (Å²) in [7, 11) is 0. The molecule has 0 aliphatic carbocycles. The van der Waals surface area contributed by atoms with Crippen molar-refractivity contribution in [3.63, 3.8) is 0 Å². The van der Waals surface area contributed by atoms with Crippen LogP contribution >= 0.6 is 0 Å². The van der Waals surface area contributed by atoms with E-state index >= 15 is 0 Å². The Morgan fingerprint density at radius 2 is 1.79 bits per heavy atom. The Hall–Kier alpha value is -2.06. The molecule has 0 aliphatic heterocycles. The number of halogens is 2. The largest absolute Gasteiger partial charge is 1.00 e.